The van der Waals surface area contributed by atoms with Crippen LogP contribution in [0.2, 0.25) is 0 Å². The first-order valence-electron chi connectivity index (χ1n) is 5.65. The molecule has 6 nitrogen and oxygen atoms in total. The Balaban J connectivity index is 2.18. The van der Waals surface area contributed by atoms with Crippen molar-refractivity contribution in [2.24, 2.45) is 0 Å². The highest BCUT2D eigenvalue weighted by atomic mass is 19.1. The Morgan fingerprint density at radius 3 is 2.65 bits per heavy atom. The van der Waals surface area contributed by atoms with Gasteiger partial charge in [-0.2, -0.15) is 4.39 Å². The lowest BCUT2D eigenvalue weighted by atomic mass is 10.1. The van der Waals surface area contributed by atoms with Crippen molar-refractivity contribution >= 4 is 17.3 Å². The maximum absolute atomic E-state index is 12.6. The molecular formula is C13H10FN3O3. The van der Waals surface area contributed by atoms with Crippen molar-refractivity contribution in [2.45, 2.75) is 6.92 Å². The number of aromatic nitrogens is 1. The average molecular weight is 275 g/mol. The Bertz CT molecular complexity index is 671. The molecule has 1 aromatic carbocycles. The zero-order valence-electron chi connectivity index (χ0n) is 10.5. The maximum atomic E-state index is 12.6. The van der Waals surface area contributed by atoms with Gasteiger partial charge in [-0.1, -0.05) is 0 Å². The standard InChI is InChI=1S/C13H10FN3O3/c1-8-6-10(3-4-11(8)17(19)20)16-13(18)9-2-5-12(14)15-7-9/h2-7H,1H3,(H,16,18). The molecule has 0 aliphatic heterocycles. The molecular weight excluding hydrogens is 265 g/mol. The number of nitro groups is 1. The molecule has 0 spiro atoms. The van der Waals surface area contributed by atoms with Crippen molar-refractivity contribution < 1.29 is 14.1 Å². The molecule has 0 aliphatic carbocycles. The predicted octanol–water partition coefficient (Wildman–Crippen LogP) is 2.69. The summed E-state index contributed by atoms with van der Waals surface area (Å²) in [5.41, 5.74) is 1.03. The van der Waals surface area contributed by atoms with Gasteiger partial charge < -0.3 is 5.32 Å². The Morgan fingerprint density at radius 2 is 2.10 bits per heavy atom. The van der Waals surface area contributed by atoms with E-state index in [2.05, 4.69) is 10.3 Å². The summed E-state index contributed by atoms with van der Waals surface area (Å²) in [6.45, 7) is 1.58. The van der Waals surface area contributed by atoms with Gasteiger partial charge in [0.2, 0.25) is 5.95 Å². The molecule has 0 radical (unpaired) electrons. The quantitative estimate of drug-likeness (QED) is 0.530. The Kier molecular flexibility index (Phi) is 3.69. The molecule has 0 bridgehead atoms. The highest BCUT2D eigenvalue weighted by Gasteiger charge is 2.12. The van der Waals surface area contributed by atoms with Crippen molar-refractivity contribution in [1.29, 1.82) is 0 Å². The minimum Gasteiger partial charge on any atom is -0.322 e. The number of amides is 1. The second kappa shape index (κ2) is 5.43. The second-order valence-corrected chi connectivity index (χ2v) is 4.08. The van der Waals surface area contributed by atoms with Gasteiger partial charge >= 0.3 is 0 Å². The smallest absolute Gasteiger partial charge is 0.272 e. The number of carbonyl (C=O) groups is 1. The first-order chi connectivity index (χ1) is 9.47. The number of anilines is 1. The van der Waals surface area contributed by atoms with Gasteiger partial charge in [-0.15, -0.1) is 0 Å². The topological polar surface area (TPSA) is 85.1 Å². The number of hydrogen-bond donors (Lipinski definition) is 1. The molecule has 0 saturated carbocycles. The van der Waals surface area contributed by atoms with E-state index in [-0.39, 0.29) is 11.3 Å². The first-order valence-corrected chi connectivity index (χ1v) is 5.65. The SMILES string of the molecule is Cc1cc(NC(=O)c2ccc(F)nc2)ccc1[N+](=O)[O-]. The van der Waals surface area contributed by atoms with Gasteiger partial charge in [0.05, 0.1) is 10.5 Å². The number of rotatable bonds is 3. The van der Waals surface area contributed by atoms with Crippen LogP contribution in [0.3, 0.4) is 0 Å². The van der Waals surface area contributed by atoms with Gasteiger partial charge in [0.1, 0.15) is 0 Å². The molecule has 2 aromatic rings. The number of pyridine rings is 1. The summed E-state index contributed by atoms with van der Waals surface area (Å²) < 4.78 is 12.6. The van der Waals surface area contributed by atoms with Crippen LogP contribution in [0.4, 0.5) is 15.8 Å². The lowest BCUT2D eigenvalue weighted by Gasteiger charge is -2.06. The molecule has 0 aliphatic rings. The second-order valence-electron chi connectivity index (χ2n) is 4.08. The highest BCUT2D eigenvalue weighted by Crippen LogP contribution is 2.21. The van der Waals surface area contributed by atoms with Crippen molar-refractivity contribution in [2.75, 3.05) is 5.32 Å². The molecule has 0 unspecified atom stereocenters. The van der Waals surface area contributed by atoms with Gasteiger partial charge in [-0.05, 0) is 31.2 Å². The molecule has 1 amide bonds. The van der Waals surface area contributed by atoms with Gasteiger partial charge in [0, 0.05) is 23.5 Å². The number of halogens is 1. The van der Waals surface area contributed by atoms with Crippen LogP contribution in [-0.2, 0) is 0 Å². The monoisotopic (exact) mass is 275 g/mol. The van der Waals surface area contributed by atoms with E-state index in [4.69, 9.17) is 0 Å². The molecule has 1 N–H and O–H groups in total. The number of nitrogens with zero attached hydrogens (tertiary/aromatic N) is 2. The number of aryl methyl sites for hydroxylation is 1. The Labute approximate surface area is 113 Å². The van der Waals surface area contributed by atoms with E-state index in [1.807, 2.05) is 0 Å². The lowest BCUT2D eigenvalue weighted by molar-refractivity contribution is -0.385. The molecule has 0 atom stereocenters. The van der Waals surface area contributed by atoms with Crippen molar-refractivity contribution in [3.63, 3.8) is 0 Å². The minimum atomic E-state index is -0.673. The molecule has 7 heteroatoms. The fourth-order valence-corrected chi connectivity index (χ4v) is 1.65. The van der Waals surface area contributed by atoms with Gasteiger partial charge in [0.25, 0.3) is 11.6 Å². The highest BCUT2D eigenvalue weighted by molar-refractivity contribution is 6.04. The van der Waals surface area contributed by atoms with Crippen LogP contribution in [0, 0.1) is 23.0 Å². The maximum Gasteiger partial charge on any atom is 0.272 e. The molecule has 2 rings (SSSR count). The number of hydrogen-bond acceptors (Lipinski definition) is 4. The summed E-state index contributed by atoms with van der Waals surface area (Å²) in [5.74, 6) is -1.14. The van der Waals surface area contributed by atoms with Crippen LogP contribution in [-0.4, -0.2) is 15.8 Å². The summed E-state index contributed by atoms with van der Waals surface area (Å²) in [6, 6.07) is 6.62. The zero-order chi connectivity index (χ0) is 14.7. The fourth-order valence-electron chi connectivity index (χ4n) is 1.65. The van der Waals surface area contributed by atoms with Crippen LogP contribution in [0.5, 0.6) is 0 Å². The van der Waals surface area contributed by atoms with E-state index in [1.165, 1.54) is 24.3 Å². The summed E-state index contributed by atoms with van der Waals surface area (Å²) in [4.78, 5) is 25.4. The van der Waals surface area contributed by atoms with E-state index >= 15 is 0 Å². The number of nitro benzene ring substituents is 1. The number of carbonyl (C=O) groups excluding carboxylic acids is 1. The zero-order valence-corrected chi connectivity index (χ0v) is 10.5. The normalized spacial score (nSPS) is 10.1. The summed E-state index contributed by atoms with van der Waals surface area (Å²) in [6.07, 6.45) is 1.11. The minimum absolute atomic E-state index is 0.0218. The van der Waals surface area contributed by atoms with Gasteiger partial charge in [0.15, 0.2) is 0 Å². The van der Waals surface area contributed by atoms with E-state index in [9.17, 15) is 19.3 Å². The fraction of sp³-hybridized carbons (Fsp3) is 0.0769. The van der Waals surface area contributed by atoms with Gasteiger partial charge in [-0.3, -0.25) is 14.9 Å². The molecule has 0 saturated heterocycles. The third kappa shape index (κ3) is 2.94. The van der Waals surface area contributed by atoms with Crippen LogP contribution in [0.1, 0.15) is 15.9 Å². The average Bonchev–Trinajstić information content (AvgIpc) is 2.39. The van der Waals surface area contributed by atoms with E-state index in [1.54, 1.807) is 6.92 Å². The molecule has 1 heterocycles. The van der Waals surface area contributed by atoms with Crippen LogP contribution in [0.25, 0.3) is 0 Å². The van der Waals surface area contributed by atoms with Crippen LogP contribution < -0.4 is 5.32 Å². The third-order valence-corrected chi connectivity index (χ3v) is 2.64. The summed E-state index contributed by atoms with van der Waals surface area (Å²) in [5, 5.41) is 13.2. The largest absolute Gasteiger partial charge is 0.322 e. The van der Waals surface area contributed by atoms with Crippen LogP contribution >= 0.6 is 0 Å². The number of nitrogens with one attached hydrogen (secondary N) is 1. The molecule has 0 fully saturated rings. The van der Waals surface area contributed by atoms with E-state index in [0.717, 1.165) is 12.3 Å². The summed E-state index contributed by atoms with van der Waals surface area (Å²) >= 11 is 0. The van der Waals surface area contributed by atoms with Gasteiger partial charge in [-0.25, -0.2) is 4.98 Å². The van der Waals surface area contributed by atoms with Crippen molar-refractivity contribution in [3.8, 4) is 0 Å². The number of benzene rings is 1. The van der Waals surface area contributed by atoms with Crippen LogP contribution in [0.15, 0.2) is 36.5 Å². The molecule has 102 valence electrons. The Hall–Kier alpha value is -2.83. The third-order valence-electron chi connectivity index (χ3n) is 2.64. The van der Waals surface area contributed by atoms with E-state index in [0.29, 0.717) is 11.3 Å². The Morgan fingerprint density at radius 1 is 1.35 bits per heavy atom. The predicted molar refractivity (Wildman–Crippen MR) is 70.0 cm³/mol. The lowest BCUT2D eigenvalue weighted by Crippen LogP contribution is -2.12. The summed E-state index contributed by atoms with van der Waals surface area (Å²) in [7, 11) is 0. The van der Waals surface area contributed by atoms with E-state index < -0.39 is 16.8 Å². The van der Waals surface area contributed by atoms with Crippen molar-refractivity contribution in [1.82, 2.24) is 4.98 Å². The molecule has 20 heavy (non-hydrogen) atoms. The van der Waals surface area contributed by atoms with Crippen molar-refractivity contribution in [3.05, 3.63) is 63.7 Å². The molecule has 1 aromatic heterocycles. The first kappa shape index (κ1) is 13.6.